The zero-order valence-electron chi connectivity index (χ0n) is 13.2. The third-order valence-electron chi connectivity index (χ3n) is 3.21. The van der Waals surface area contributed by atoms with E-state index in [1.807, 2.05) is 25.7 Å². The maximum absolute atomic E-state index is 12.0. The summed E-state index contributed by atoms with van der Waals surface area (Å²) in [5, 5.41) is 9.77. The van der Waals surface area contributed by atoms with Gasteiger partial charge in [0.2, 0.25) is 5.96 Å². The number of carbonyl (C=O) groups is 1. The van der Waals surface area contributed by atoms with E-state index in [0.717, 1.165) is 0 Å². The highest BCUT2D eigenvalue weighted by Crippen LogP contribution is 2.14. The van der Waals surface area contributed by atoms with E-state index in [0.29, 0.717) is 38.7 Å². The van der Waals surface area contributed by atoms with E-state index < -0.39 is 11.2 Å². The van der Waals surface area contributed by atoms with Gasteiger partial charge in [0.25, 0.3) is 0 Å². The quantitative estimate of drug-likeness (QED) is 0.715. The maximum atomic E-state index is 12.0. The summed E-state index contributed by atoms with van der Waals surface area (Å²) in [7, 11) is 0. The summed E-state index contributed by atoms with van der Waals surface area (Å²) in [6.45, 7) is 10.1. The summed E-state index contributed by atoms with van der Waals surface area (Å²) in [6, 6.07) is 0. The highest BCUT2D eigenvalue weighted by molar-refractivity contribution is 5.92. The lowest BCUT2D eigenvalue weighted by molar-refractivity contribution is 0.0186. The van der Waals surface area contributed by atoms with Crippen molar-refractivity contribution in [1.29, 1.82) is 0 Å². The van der Waals surface area contributed by atoms with Crippen LogP contribution in [0, 0.1) is 0 Å². The first-order valence-corrected chi connectivity index (χ1v) is 7.21. The van der Waals surface area contributed by atoms with Gasteiger partial charge in [-0.3, -0.25) is 0 Å². The Morgan fingerprint density at radius 1 is 1.33 bits per heavy atom. The van der Waals surface area contributed by atoms with Gasteiger partial charge in [0.1, 0.15) is 11.2 Å². The van der Waals surface area contributed by atoms with E-state index >= 15 is 0 Å². The zero-order chi connectivity index (χ0) is 15.7. The zero-order valence-corrected chi connectivity index (χ0v) is 13.2. The number of amides is 1. The Balaban J connectivity index is 1.86. The van der Waals surface area contributed by atoms with E-state index in [-0.39, 0.29) is 6.09 Å². The van der Waals surface area contributed by atoms with E-state index in [2.05, 4.69) is 9.98 Å². The Morgan fingerprint density at radius 2 is 1.95 bits per heavy atom. The van der Waals surface area contributed by atoms with Crippen LogP contribution in [0.1, 0.15) is 27.7 Å². The molecule has 21 heavy (non-hydrogen) atoms. The summed E-state index contributed by atoms with van der Waals surface area (Å²) < 4.78 is 5.36. The fraction of sp³-hybridized carbons (Fsp3) is 0.786. The van der Waals surface area contributed by atoms with E-state index in [1.165, 1.54) is 6.21 Å². The normalized spacial score (nSPS) is 26.6. The molecule has 1 N–H and O–H groups in total. The van der Waals surface area contributed by atoms with Gasteiger partial charge in [-0.05, 0) is 27.7 Å². The Morgan fingerprint density at radius 3 is 2.43 bits per heavy atom. The molecule has 7 heteroatoms. The van der Waals surface area contributed by atoms with E-state index in [9.17, 15) is 9.90 Å². The number of carbonyl (C=O) groups excluding carboxylic acids is 1. The summed E-state index contributed by atoms with van der Waals surface area (Å²) >= 11 is 0. The van der Waals surface area contributed by atoms with Gasteiger partial charge in [0, 0.05) is 32.4 Å². The summed E-state index contributed by atoms with van der Waals surface area (Å²) in [4.78, 5) is 24.2. The Labute approximate surface area is 125 Å². The molecule has 0 saturated carbocycles. The van der Waals surface area contributed by atoms with Crippen molar-refractivity contribution in [3.63, 3.8) is 0 Å². The van der Waals surface area contributed by atoms with Crippen molar-refractivity contribution in [3.8, 4) is 0 Å². The van der Waals surface area contributed by atoms with Crippen LogP contribution < -0.4 is 0 Å². The van der Waals surface area contributed by atoms with Crippen molar-refractivity contribution in [3.05, 3.63) is 0 Å². The number of hydrogen-bond donors (Lipinski definition) is 1. The van der Waals surface area contributed by atoms with Crippen LogP contribution in [0.5, 0.6) is 0 Å². The Hall–Kier alpha value is -1.63. The fourth-order valence-electron chi connectivity index (χ4n) is 2.11. The van der Waals surface area contributed by atoms with Gasteiger partial charge in [0.15, 0.2) is 0 Å². The molecule has 1 amide bonds. The highest BCUT2D eigenvalue weighted by atomic mass is 16.6. The van der Waals surface area contributed by atoms with Crippen molar-refractivity contribution < 1.29 is 14.6 Å². The molecule has 0 aromatic carbocycles. The van der Waals surface area contributed by atoms with E-state index in [4.69, 9.17) is 4.74 Å². The molecule has 2 rings (SSSR count). The lowest BCUT2D eigenvalue weighted by Crippen LogP contribution is -2.52. The van der Waals surface area contributed by atoms with Gasteiger partial charge >= 0.3 is 6.09 Å². The SMILES string of the molecule is CC1(O)C=NC(N2CCN(C(=O)OC(C)(C)C)CC2)=NC1. The lowest BCUT2D eigenvalue weighted by atomic mass is 10.1. The topological polar surface area (TPSA) is 77.7 Å². The van der Waals surface area contributed by atoms with Gasteiger partial charge in [-0.15, -0.1) is 0 Å². The van der Waals surface area contributed by atoms with E-state index in [1.54, 1.807) is 11.8 Å². The molecule has 1 unspecified atom stereocenters. The van der Waals surface area contributed by atoms with Crippen LogP contribution in [0.15, 0.2) is 9.98 Å². The molecule has 0 aromatic rings. The van der Waals surface area contributed by atoms with Gasteiger partial charge < -0.3 is 19.6 Å². The fourth-order valence-corrected chi connectivity index (χ4v) is 2.11. The first kappa shape index (κ1) is 15.8. The predicted molar refractivity (Wildman–Crippen MR) is 80.8 cm³/mol. The van der Waals surface area contributed by atoms with Crippen molar-refractivity contribution in [2.75, 3.05) is 32.7 Å². The molecule has 2 aliphatic rings. The molecule has 0 radical (unpaired) electrons. The maximum Gasteiger partial charge on any atom is 0.410 e. The Kier molecular flexibility index (Phi) is 4.22. The number of rotatable bonds is 0. The molecule has 7 nitrogen and oxygen atoms in total. The lowest BCUT2D eigenvalue weighted by Gasteiger charge is -2.36. The molecule has 0 bridgehead atoms. The predicted octanol–water partition coefficient (Wildman–Crippen LogP) is 0.730. The number of nitrogens with zero attached hydrogens (tertiary/aromatic N) is 4. The molecule has 1 fully saturated rings. The van der Waals surface area contributed by atoms with Gasteiger partial charge in [-0.2, -0.15) is 0 Å². The van der Waals surface area contributed by atoms with Gasteiger partial charge in [0.05, 0.1) is 6.54 Å². The minimum absolute atomic E-state index is 0.279. The van der Waals surface area contributed by atoms with Crippen molar-refractivity contribution in [2.45, 2.75) is 38.9 Å². The van der Waals surface area contributed by atoms with Gasteiger partial charge in [-0.1, -0.05) is 0 Å². The number of aliphatic imine (C=N–C) groups is 2. The summed E-state index contributed by atoms with van der Waals surface area (Å²) in [6.07, 6.45) is 1.24. The van der Waals surface area contributed by atoms with Crippen LogP contribution in [-0.4, -0.2) is 77.1 Å². The molecule has 1 atom stereocenters. The first-order chi connectivity index (χ1) is 9.66. The number of guanidine groups is 1. The second kappa shape index (κ2) is 5.63. The summed E-state index contributed by atoms with van der Waals surface area (Å²) in [5.41, 5.74) is -1.43. The third-order valence-corrected chi connectivity index (χ3v) is 3.21. The molecule has 0 aromatic heterocycles. The minimum Gasteiger partial charge on any atom is -0.444 e. The average Bonchev–Trinajstić information content (AvgIpc) is 2.37. The van der Waals surface area contributed by atoms with Crippen LogP contribution in [0.25, 0.3) is 0 Å². The van der Waals surface area contributed by atoms with Gasteiger partial charge in [-0.25, -0.2) is 14.8 Å². The monoisotopic (exact) mass is 296 g/mol. The number of piperazine rings is 1. The first-order valence-electron chi connectivity index (χ1n) is 7.21. The van der Waals surface area contributed by atoms with Crippen LogP contribution in [0.2, 0.25) is 0 Å². The molecular formula is C14H24N4O3. The van der Waals surface area contributed by atoms with Crippen molar-refractivity contribution in [2.24, 2.45) is 9.98 Å². The van der Waals surface area contributed by atoms with Crippen molar-refractivity contribution >= 4 is 18.3 Å². The van der Waals surface area contributed by atoms with Crippen molar-refractivity contribution in [1.82, 2.24) is 9.80 Å². The smallest absolute Gasteiger partial charge is 0.410 e. The molecule has 118 valence electrons. The third kappa shape index (κ3) is 4.42. The standard InChI is InChI=1S/C14H24N4O3/c1-13(2,3)21-12(19)18-7-5-17(6-8-18)11-15-9-14(4,20)10-16-11/h9,20H,5-8,10H2,1-4H3. The average molecular weight is 296 g/mol. The highest BCUT2D eigenvalue weighted by Gasteiger charge is 2.29. The molecule has 2 aliphatic heterocycles. The van der Waals surface area contributed by atoms with Crippen LogP contribution >= 0.6 is 0 Å². The van der Waals surface area contributed by atoms with Crippen LogP contribution in [-0.2, 0) is 4.74 Å². The number of hydrogen-bond acceptors (Lipinski definition) is 6. The second-order valence-electron chi connectivity index (χ2n) is 6.69. The number of ether oxygens (including phenoxy) is 1. The minimum atomic E-state index is -0.957. The Bertz CT molecular complexity index is 457. The molecule has 0 spiro atoms. The summed E-state index contributed by atoms with van der Waals surface area (Å²) in [5.74, 6) is 0.630. The second-order valence-corrected chi connectivity index (χ2v) is 6.69. The molecule has 1 saturated heterocycles. The van der Waals surface area contributed by atoms with Crippen LogP contribution in [0.4, 0.5) is 4.79 Å². The largest absolute Gasteiger partial charge is 0.444 e. The number of aliphatic hydroxyl groups is 1. The molecule has 2 heterocycles. The molecule has 0 aliphatic carbocycles. The van der Waals surface area contributed by atoms with Crippen LogP contribution in [0.3, 0.4) is 0 Å². The molecular weight excluding hydrogens is 272 g/mol.